The Morgan fingerprint density at radius 2 is 1.58 bits per heavy atom. The van der Waals surface area contributed by atoms with Crippen molar-refractivity contribution in [3.8, 4) is 17.2 Å². The third-order valence-corrected chi connectivity index (χ3v) is 9.52. The van der Waals surface area contributed by atoms with Crippen LogP contribution < -0.4 is 19.1 Å². The predicted octanol–water partition coefficient (Wildman–Crippen LogP) is 3.71. The van der Waals surface area contributed by atoms with Crippen LogP contribution in [0.5, 0.6) is 17.2 Å². The summed E-state index contributed by atoms with van der Waals surface area (Å²) in [5.41, 5.74) is 1.32. The van der Waals surface area contributed by atoms with Crippen LogP contribution in [0.4, 0.5) is 24.5 Å². The molecule has 0 spiro atoms. The molecule has 0 aromatic heterocycles. The van der Waals surface area contributed by atoms with Gasteiger partial charge in [-0.3, -0.25) is 9.69 Å². The zero-order valence-electron chi connectivity index (χ0n) is 24.0. The zero-order valence-corrected chi connectivity index (χ0v) is 24.8. The quantitative estimate of drug-likeness (QED) is 0.355. The number of aliphatic hydroxyl groups is 1. The van der Waals surface area contributed by atoms with Crippen LogP contribution in [-0.4, -0.2) is 95.5 Å². The lowest BCUT2D eigenvalue weighted by molar-refractivity contribution is -0.274. The summed E-state index contributed by atoms with van der Waals surface area (Å²) >= 11 is 0. The molecule has 45 heavy (non-hydrogen) atoms. The molecule has 3 aliphatic heterocycles. The lowest BCUT2D eigenvalue weighted by atomic mass is 9.94. The highest BCUT2D eigenvalue weighted by atomic mass is 32.2. The van der Waals surface area contributed by atoms with Crippen LogP contribution in [0.15, 0.2) is 77.7 Å². The Hall–Kier alpha value is -3.89. The molecule has 4 unspecified atom stereocenters. The summed E-state index contributed by atoms with van der Waals surface area (Å²) in [7, 11) is -3.86. The Morgan fingerprint density at radius 3 is 2.18 bits per heavy atom. The van der Waals surface area contributed by atoms with Crippen LogP contribution in [0.25, 0.3) is 0 Å². The normalized spacial score (nSPS) is 23.3. The molecule has 3 aromatic rings. The summed E-state index contributed by atoms with van der Waals surface area (Å²) in [5, 5.41) is 11.9. The number of piperidine rings is 1. The third kappa shape index (κ3) is 6.87. The molecule has 3 heterocycles. The number of nitrogens with zero attached hydrogens (tertiary/aromatic N) is 3. The average Bonchev–Trinajstić information content (AvgIpc) is 3.01. The number of hydrogen-bond donors (Lipinski definition) is 3. The predicted molar refractivity (Wildman–Crippen MR) is 158 cm³/mol. The molecule has 1 amide bonds. The van der Waals surface area contributed by atoms with Crippen molar-refractivity contribution in [3.05, 3.63) is 72.8 Å². The number of anilines is 2. The van der Waals surface area contributed by atoms with E-state index in [4.69, 9.17) is 14.3 Å². The molecule has 15 heteroatoms. The number of amides is 1. The second-order valence-electron chi connectivity index (χ2n) is 11.0. The lowest BCUT2D eigenvalue weighted by Gasteiger charge is -2.48. The molecule has 240 valence electrons. The Labute approximate surface area is 258 Å². The minimum absolute atomic E-state index is 0.0559. The Balaban J connectivity index is 1.32. The summed E-state index contributed by atoms with van der Waals surface area (Å²) < 4.78 is 78.4. The molecule has 11 nitrogen and oxygen atoms in total. The summed E-state index contributed by atoms with van der Waals surface area (Å²) in [6.45, 7) is 2.37. The largest absolute Gasteiger partial charge is 0.573 e. The second-order valence-corrected chi connectivity index (χ2v) is 12.8. The van der Waals surface area contributed by atoms with Gasteiger partial charge in [-0.2, -0.15) is 0 Å². The Bertz CT molecular complexity index is 1590. The minimum Gasteiger partial charge on any atom is -0.453 e. The monoisotopic (exact) mass is 647 g/mol. The molecule has 2 saturated heterocycles. The van der Waals surface area contributed by atoms with Gasteiger partial charge in [-0.25, -0.2) is 13.7 Å². The van der Waals surface area contributed by atoms with Crippen molar-refractivity contribution in [2.24, 2.45) is 0 Å². The SMILES string of the molecule is N=S(=O)(NC1CN(C(=O)CN2CCOCC2)CC(N2c3ccccc3Oc3ccccc32)C1O)c1ccc(OC(F)(F)F)cc1. The van der Waals surface area contributed by atoms with Gasteiger partial charge in [0.05, 0.1) is 54.2 Å². The van der Waals surface area contributed by atoms with Crippen LogP contribution in [0.3, 0.4) is 0 Å². The molecule has 0 aliphatic carbocycles. The van der Waals surface area contributed by atoms with Gasteiger partial charge in [0.1, 0.15) is 15.7 Å². The van der Waals surface area contributed by atoms with Crippen LogP contribution in [0.2, 0.25) is 0 Å². The number of nitrogens with one attached hydrogen (secondary N) is 2. The molecule has 0 saturated carbocycles. The van der Waals surface area contributed by atoms with Gasteiger partial charge in [-0.05, 0) is 48.5 Å². The fourth-order valence-electron chi connectivity index (χ4n) is 5.82. The van der Waals surface area contributed by atoms with Gasteiger partial charge in [-0.15, -0.1) is 13.2 Å². The van der Waals surface area contributed by atoms with Crippen LogP contribution in [0, 0.1) is 4.78 Å². The van der Waals surface area contributed by atoms with Crippen molar-refractivity contribution in [1.82, 2.24) is 14.5 Å². The maximum atomic E-state index is 13.7. The minimum atomic E-state index is -4.91. The average molecular weight is 648 g/mol. The molecule has 3 aliphatic rings. The Morgan fingerprint density at radius 1 is 0.978 bits per heavy atom. The number of benzene rings is 3. The molecule has 4 atom stereocenters. The number of hydrogen-bond acceptors (Lipinski definition) is 9. The van der Waals surface area contributed by atoms with Crippen LogP contribution in [0.1, 0.15) is 0 Å². The van der Waals surface area contributed by atoms with E-state index in [0.29, 0.717) is 49.2 Å². The van der Waals surface area contributed by atoms with Gasteiger partial charge in [0.25, 0.3) is 0 Å². The third-order valence-electron chi connectivity index (χ3n) is 7.95. The van der Waals surface area contributed by atoms with Gasteiger partial charge in [0, 0.05) is 26.2 Å². The molecule has 0 radical (unpaired) electrons. The standard InChI is InChI=1S/C30H32F3N5O6S/c31-30(32,33)44-20-9-11-21(12-10-20)45(34,41)35-22-17-37(28(39)19-36-13-15-42-16-14-36)18-25(29(22)40)38-23-5-1-3-7-26(23)43-27-8-4-2-6-24(27)38/h1-12,22,25,29,40H,13-19H2,(H2,34,35,41). The lowest BCUT2D eigenvalue weighted by Crippen LogP contribution is -2.66. The summed E-state index contributed by atoms with van der Waals surface area (Å²) in [6.07, 6.45) is -6.15. The second kappa shape index (κ2) is 12.5. The number of likely N-dealkylation sites (tertiary alicyclic amines) is 1. The van der Waals surface area contributed by atoms with Gasteiger partial charge in [-0.1, -0.05) is 24.3 Å². The molecule has 0 bridgehead atoms. The van der Waals surface area contributed by atoms with Crippen LogP contribution >= 0.6 is 0 Å². The van der Waals surface area contributed by atoms with Gasteiger partial charge < -0.3 is 29.1 Å². The van der Waals surface area contributed by atoms with E-state index in [1.165, 1.54) is 0 Å². The number of fused-ring (bicyclic) bond motifs is 2. The topological polar surface area (TPSA) is 128 Å². The van der Waals surface area contributed by atoms with Crippen molar-refractivity contribution in [3.63, 3.8) is 0 Å². The van der Waals surface area contributed by atoms with Crippen LogP contribution in [-0.2, 0) is 19.4 Å². The number of morpholine rings is 1. The first-order chi connectivity index (χ1) is 21.5. The number of para-hydroxylation sites is 4. The number of carbonyl (C=O) groups excluding carboxylic acids is 1. The summed E-state index contributed by atoms with van der Waals surface area (Å²) in [5.74, 6) is 0.370. The number of halogens is 3. The molecular formula is C30H32F3N5O6S. The van der Waals surface area contributed by atoms with E-state index >= 15 is 0 Å². The van der Waals surface area contributed by atoms with Gasteiger partial charge in [0.2, 0.25) is 5.91 Å². The van der Waals surface area contributed by atoms with Crippen molar-refractivity contribution < 1.29 is 41.5 Å². The highest BCUT2D eigenvalue weighted by Crippen LogP contribution is 2.48. The highest BCUT2D eigenvalue weighted by molar-refractivity contribution is 7.90. The molecule has 6 rings (SSSR count). The maximum absolute atomic E-state index is 13.7. The molecule has 3 N–H and O–H groups in total. The summed E-state index contributed by atoms with van der Waals surface area (Å²) in [6, 6.07) is 16.9. The van der Waals surface area contributed by atoms with E-state index < -0.39 is 40.2 Å². The van der Waals surface area contributed by atoms with E-state index in [2.05, 4.69) is 9.46 Å². The number of aliphatic hydroxyl groups excluding tert-OH is 1. The maximum Gasteiger partial charge on any atom is 0.573 e. The number of ether oxygens (including phenoxy) is 3. The van der Waals surface area contributed by atoms with E-state index in [9.17, 15) is 27.3 Å². The van der Waals surface area contributed by atoms with Crippen molar-refractivity contribution >= 4 is 27.2 Å². The molecule has 3 aromatic carbocycles. The first-order valence-corrected chi connectivity index (χ1v) is 15.9. The highest BCUT2D eigenvalue weighted by Gasteiger charge is 2.44. The number of rotatable bonds is 7. The molecular weight excluding hydrogens is 615 g/mol. The molecule has 2 fully saturated rings. The smallest absolute Gasteiger partial charge is 0.453 e. The Kier molecular flexibility index (Phi) is 8.63. The number of alkyl halides is 3. The van der Waals surface area contributed by atoms with Crippen molar-refractivity contribution in [2.75, 3.05) is 50.8 Å². The van der Waals surface area contributed by atoms with Gasteiger partial charge >= 0.3 is 6.36 Å². The van der Waals surface area contributed by atoms with E-state index in [1.54, 1.807) is 17.0 Å². The number of carbonyl (C=O) groups is 1. The van der Waals surface area contributed by atoms with E-state index in [1.807, 2.05) is 46.2 Å². The fourth-order valence-corrected chi connectivity index (χ4v) is 7.12. The van der Waals surface area contributed by atoms with Crippen molar-refractivity contribution in [1.29, 1.82) is 4.78 Å². The van der Waals surface area contributed by atoms with E-state index in [0.717, 1.165) is 24.3 Å². The van der Waals surface area contributed by atoms with Crippen molar-refractivity contribution in [2.45, 2.75) is 29.4 Å². The first kappa shape index (κ1) is 31.1. The first-order valence-electron chi connectivity index (χ1n) is 14.3. The van der Waals surface area contributed by atoms with E-state index in [-0.39, 0.29) is 30.4 Å². The summed E-state index contributed by atoms with van der Waals surface area (Å²) in [4.78, 5) is 19.0. The fraction of sp³-hybridized carbons (Fsp3) is 0.367. The zero-order chi connectivity index (χ0) is 31.8. The van der Waals surface area contributed by atoms with Gasteiger partial charge in [0.15, 0.2) is 11.5 Å².